The summed E-state index contributed by atoms with van der Waals surface area (Å²) in [5.41, 5.74) is 1.37. The summed E-state index contributed by atoms with van der Waals surface area (Å²) in [6.45, 7) is 4.05. The van der Waals surface area contributed by atoms with Crippen molar-refractivity contribution >= 4 is 34.7 Å². The predicted octanol–water partition coefficient (Wildman–Crippen LogP) is 3.99. The van der Waals surface area contributed by atoms with Gasteiger partial charge in [-0.2, -0.15) is 0 Å². The number of nitrogens with zero attached hydrogens (tertiary/aromatic N) is 1. The molecular weight excluding hydrogens is 284 g/mol. The van der Waals surface area contributed by atoms with Gasteiger partial charge in [0.05, 0.1) is 5.02 Å². The Bertz CT molecular complexity index is 499. The van der Waals surface area contributed by atoms with Crippen molar-refractivity contribution in [2.24, 2.45) is 0 Å². The van der Waals surface area contributed by atoms with Crippen molar-refractivity contribution in [1.82, 2.24) is 10.3 Å². The van der Waals surface area contributed by atoms with E-state index in [0.29, 0.717) is 0 Å². The molecule has 0 spiro atoms. The molecule has 2 nitrogen and oxygen atoms in total. The zero-order chi connectivity index (χ0) is 12.8. The van der Waals surface area contributed by atoms with Crippen molar-refractivity contribution < 1.29 is 0 Å². The van der Waals surface area contributed by atoms with E-state index in [1.807, 2.05) is 12.1 Å². The molecule has 2 aromatic heterocycles. The highest BCUT2D eigenvalue weighted by molar-refractivity contribution is 7.99. The first-order chi connectivity index (χ1) is 8.77. The summed E-state index contributed by atoms with van der Waals surface area (Å²) in [5.74, 6) is 0.973. The maximum absolute atomic E-state index is 6.04. The van der Waals surface area contributed by atoms with E-state index in [2.05, 4.69) is 28.7 Å². The van der Waals surface area contributed by atoms with Crippen LogP contribution in [0.2, 0.25) is 5.02 Å². The first-order valence-electron chi connectivity index (χ1n) is 5.74. The molecule has 0 saturated carbocycles. The quantitative estimate of drug-likeness (QED) is 0.645. The Hall–Kier alpha value is -0.550. The molecule has 0 aliphatic rings. The van der Waals surface area contributed by atoms with Crippen LogP contribution in [0.15, 0.2) is 34.8 Å². The number of halogens is 1. The Balaban J connectivity index is 1.68. The lowest BCUT2D eigenvalue weighted by atomic mass is 10.3. The Labute approximate surface area is 121 Å². The SMILES string of the molecule is Cc1ccsc1CNCCSc1ncccc1Cl. The number of aromatic nitrogens is 1. The normalized spacial score (nSPS) is 10.8. The van der Waals surface area contributed by atoms with Crippen molar-refractivity contribution in [3.8, 4) is 0 Å². The second kappa shape index (κ2) is 7.14. The summed E-state index contributed by atoms with van der Waals surface area (Å²) in [6.07, 6.45) is 1.77. The van der Waals surface area contributed by atoms with Gasteiger partial charge in [0.1, 0.15) is 5.03 Å². The van der Waals surface area contributed by atoms with Crippen LogP contribution in [0.3, 0.4) is 0 Å². The van der Waals surface area contributed by atoms with Gasteiger partial charge < -0.3 is 5.32 Å². The number of pyridine rings is 1. The van der Waals surface area contributed by atoms with Gasteiger partial charge in [-0.3, -0.25) is 0 Å². The molecule has 18 heavy (non-hydrogen) atoms. The number of hydrogen-bond acceptors (Lipinski definition) is 4. The fourth-order valence-electron chi connectivity index (χ4n) is 1.48. The van der Waals surface area contributed by atoms with Crippen LogP contribution in [-0.4, -0.2) is 17.3 Å². The molecule has 0 unspecified atom stereocenters. The second-order valence-electron chi connectivity index (χ2n) is 3.84. The Morgan fingerprint density at radius 2 is 2.33 bits per heavy atom. The van der Waals surface area contributed by atoms with Gasteiger partial charge in [0.25, 0.3) is 0 Å². The maximum Gasteiger partial charge on any atom is 0.115 e. The highest BCUT2D eigenvalue weighted by atomic mass is 35.5. The van der Waals surface area contributed by atoms with Crippen LogP contribution in [0.25, 0.3) is 0 Å². The standard InChI is InChI=1S/C13H15ClN2S2/c1-10-4-7-17-12(10)9-15-6-8-18-13-11(14)3-2-5-16-13/h2-5,7,15H,6,8-9H2,1H3. The van der Waals surface area contributed by atoms with E-state index in [4.69, 9.17) is 11.6 Å². The minimum Gasteiger partial charge on any atom is -0.311 e. The van der Waals surface area contributed by atoms with Crippen LogP contribution in [-0.2, 0) is 6.54 Å². The minimum atomic E-state index is 0.733. The van der Waals surface area contributed by atoms with Gasteiger partial charge in [-0.25, -0.2) is 4.98 Å². The molecule has 0 aliphatic carbocycles. The first kappa shape index (κ1) is 13.9. The molecule has 2 heterocycles. The van der Waals surface area contributed by atoms with Crippen molar-refractivity contribution in [1.29, 1.82) is 0 Å². The summed E-state index contributed by atoms with van der Waals surface area (Å²) in [7, 11) is 0. The lowest BCUT2D eigenvalue weighted by Crippen LogP contribution is -2.16. The molecule has 0 radical (unpaired) electrons. The average molecular weight is 299 g/mol. The van der Waals surface area contributed by atoms with Crippen LogP contribution in [0.1, 0.15) is 10.4 Å². The van der Waals surface area contributed by atoms with Gasteiger partial charge in [-0.05, 0) is 36.1 Å². The molecule has 0 aromatic carbocycles. The summed E-state index contributed by atoms with van der Waals surface area (Å²) in [5, 5.41) is 7.21. The lowest BCUT2D eigenvalue weighted by Gasteiger charge is -2.05. The Morgan fingerprint density at radius 1 is 1.44 bits per heavy atom. The largest absolute Gasteiger partial charge is 0.311 e. The van der Waals surface area contributed by atoms with Crippen molar-refractivity contribution in [2.75, 3.05) is 12.3 Å². The highest BCUT2D eigenvalue weighted by Gasteiger charge is 2.01. The predicted molar refractivity (Wildman–Crippen MR) is 80.7 cm³/mol. The number of nitrogens with one attached hydrogen (secondary N) is 1. The lowest BCUT2D eigenvalue weighted by molar-refractivity contribution is 0.738. The summed E-state index contributed by atoms with van der Waals surface area (Å²) < 4.78 is 0. The van der Waals surface area contributed by atoms with Gasteiger partial charge in [0, 0.05) is 29.9 Å². The Kier molecular flexibility index (Phi) is 5.50. The summed E-state index contributed by atoms with van der Waals surface area (Å²) in [6, 6.07) is 5.88. The number of hydrogen-bond donors (Lipinski definition) is 1. The third-order valence-electron chi connectivity index (χ3n) is 2.50. The van der Waals surface area contributed by atoms with Gasteiger partial charge in [-0.15, -0.1) is 23.1 Å². The van der Waals surface area contributed by atoms with Crippen molar-refractivity contribution in [3.63, 3.8) is 0 Å². The minimum absolute atomic E-state index is 0.733. The molecule has 5 heteroatoms. The molecule has 0 atom stereocenters. The number of thioether (sulfide) groups is 1. The van der Waals surface area contributed by atoms with Crippen molar-refractivity contribution in [3.05, 3.63) is 45.2 Å². The fraction of sp³-hybridized carbons (Fsp3) is 0.308. The van der Waals surface area contributed by atoms with Crippen molar-refractivity contribution in [2.45, 2.75) is 18.5 Å². The van der Waals surface area contributed by atoms with Gasteiger partial charge in [0.2, 0.25) is 0 Å². The van der Waals surface area contributed by atoms with E-state index >= 15 is 0 Å². The molecular formula is C13H15ClN2S2. The zero-order valence-corrected chi connectivity index (χ0v) is 12.5. The molecule has 1 N–H and O–H groups in total. The van der Waals surface area contributed by atoms with E-state index in [1.54, 1.807) is 29.3 Å². The molecule has 0 aliphatic heterocycles. The summed E-state index contributed by atoms with van der Waals surface area (Å²) in [4.78, 5) is 5.66. The fourth-order valence-corrected chi connectivity index (χ4v) is 3.43. The molecule has 0 amide bonds. The third kappa shape index (κ3) is 3.99. The van der Waals surface area contributed by atoms with Crippen LogP contribution in [0.4, 0.5) is 0 Å². The van der Waals surface area contributed by atoms with Crippen LogP contribution in [0.5, 0.6) is 0 Å². The van der Waals surface area contributed by atoms with Gasteiger partial charge in [-0.1, -0.05) is 11.6 Å². The van der Waals surface area contributed by atoms with Gasteiger partial charge >= 0.3 is 0 Å². The smallest absolute Gasteiger partial charge is 0.115 e. The van der Waals surface area contributed by atoms with E-state index < -0.39 is 0 Å². The molecule has 0 saturated heterocycles. The van der Waals surface area contributed by atoms with E-state index in [1.165, 1.54) is 10.4 Å². The van der Waals surface area contributed by atoms with Crippen LogP contribution in [0, 0.1) is 6.92 Å². The van der Waals surface area contributed by atoms with Crippen LogP contribution >= 0.6 is 34.7 Å². The van der Waals surface area contributed by atoms with E-state index in [0.717, 1.165) is 28.9 Å². The van der Waals surface area contributed by atoms with E-state index in [9.17, 15) is 0 Å². The topological polar surface area (TPSA) is 24.9 Å². The molecule has 0 bridgehead atoms. The Morgan fingerprint density at radius 3 is 3.06 bits per heavy atom. The second-order valence-corrected chi connectivity index (χ2v) is 6.33. The number of aryl methyl sites for hydroxylation is 1. The monoisotopic (exact) mass is 298 g/mol. The average Bonchev–Trinajstić information content (AvgIpc) is 2.77. The van der Waals surface area contributed by atoms with Crippen LogP contribution < -0.4 is 5.32 Å². The molecule has 2 aromatic rings. The molecule has 96 valence electrons. The number of thiophene rings is 1. The zero-order valence-electron chi connectivity index (χ0n) is 10.1. The highest BCUT2D eigenvalue weighted by Crippen LogP contribution is 2.23. The van der Waals surface area contributed by atoms with E-state index in [-0.39, 0.29) is 0 Å². The number of rotatable bonds is 6. The molecule has 0 fully saturated rings. The van der Waals surface area contributed by atoms with Gasteiger partial charge in [0.15, 0.2) is 0 Å². The molecule has 2 rings (SSSR count). The first-order valence-corrected chi connectivity index (χ1v) is 7.98. The maximum atomic E-state index is 6.04. The summed E-state index contributed by atoms with van der Waals surface area (Å²) >= 11 is 9.53. The third-order valence-corrected chi connectivity index (χ3v) is 4.94.